The van der Waals surface area contributed by atoms with Crippen molar-refractivity contribution in [2.75, 3.05) is 13.1 Å². The van der Waals surface area contributed by atoms with Gasteiger partial charge < -0.3 is 15.0 Å². The van der Waals surface area contributed by atoms with E-state index in [-0.39, 0.29) is 11.9 Å². The molecule has 0 saturated carbocycles. The van der Waals surface area contributed by atoms with Crippen molar-refractivity contribution in [2.24, 2.45) is 5.92 Å². The summed E-state index contributed by atoms with van der Waals surface area (Å²) in [6, 6.07) is -0.0145. The average Bonchev–Trinajstić information content (AvgIpc) is 2.36. The van der Waals surface area contributed by atoms with E-state index in [0.717, 1.165) is 25.8 Å². The van der Waals surface area contributed by atoms with E-state index in [9.17, 15) is 9.59 Å². The van der Waals surface area contributed by atoms with E-state index >= 15 is 0 Å². The van der Waals surface area contributed by atoms with Crippen molar-refractivity contribution in [2.45, 2.75) is 71.9 Å². The Hall–Kier alpha value is -1.26. The number of hydrogen-bond acceptors (Lipinski definition) is 3. The first kappa shape index (κ1) is 17.8. The van der Waals surface area contributed by atoms with Gasteiger partial charge in [-0.2, -0.15) is 0 Å². The first-order chi connectivity index (χ1) is 9.75. The van der Waals surface area contributed by atoms with Gasteiger partial charge in [0.2, 0.25) is 5.91 Å². The summed E-state index contributed by atoms with van der Waals surface area (Å²) in [5.74, 6) is 0.631. The van der Waals surface area contributed by atoms with Crippen LogP contribution in [0, 0.1) is 5.92 Å². The highest BCUT2D eigenvalue weighted by molar-refractivity contribution is 5.76. The molecule has 1 aliphatic rings. The third kappa shape index (κ3) is 6.36. The Morgan fingerprint density at radius 1 is 1.24 bits per heavy atom. The molecule has 1 aliphatic heterocycles. The second-order valence-corrected chi connectivity index (χ2v) is 6.90. The van der Waals surface area contributed by atoms with Crippen LogP contribution in [0.2, 0.25) is 0 Å². The molecule has 0 spiro atoms. The number of nitrogens with zero attached hydrogens (tertiary/aromatic N) is 1. The number of alkyl carbamates (subject to hydrolysis) is 1. The molecule has 1 rings (SSSR count). The summed E-state index contributed by atoms with van der Waals surface area (Å²) < 4.78 is 5.30. The first-order valence-corrected chi connectivity index (χ1v) is 8.02. The van der Waals surface area contributed by atoms with Gasteiger partial charge in [0.15, 0.2) is 0 Å². The van der Waals surface area contributed by atoms with Gasteiger partial charge in [-0.25, -0.2) is 4.79 Å². The summed E-state index contributed by atoms with van der Waals surface area (Å²) in [6.07, 6.45) is 2.96. The lowest BCUT2D eigenvalue weighted by atomic mass is 9.92. The Balaban J connectivity index is 2.60. The van der Waals surface area contributed by atoms with Crippen LogP contribution in [-0.2, 0) is 9.53 Å². The van der Waals surface area contributed by atoms with E-state index in [1.165, 1.54) is 0 Å². The molecule has 0 radical (unpaired) electrons. The second kappa shape index (κ2) is 7.66. The third-order valence-corrected chi connectivity index (χ3v) is 3.65. The van der Waals surface area contributed by atoms with Crippen molar-refractivity contribution >= 4 is 12.0 Å². The summed E-state index contributed by atoms with van der Waals surface area (Å²) >= 11 is 0. The zero-order chi connectivity index (χ0) is 16.0. The molecule has 1 heterocycles. The third-order valence-electron chi connectivity index (χ3n) is 3.65. The van der Waals surface area contributed by atoms with Gasteiger partial charge in [0.05, 0.1) is 6.04 Å². The van der Waals surface area contributed by atoms with Crippen LogP contribution < -0.4 is 5.32 Å². The summed E-state index contributed by atoms with van der Waals surface area (Å²) in [4.78, 5) is 25.9. The maximum Gasteiger partial charge on any atom is 0.407 e. The van der Waals surface area contributed by atoms with Crippen LogP contribution in [0.1, 0.15) is 60.3 Å². The Bertz CT molecular complexity index is 363. The van der Waals surface area contributed by atoms with Gasteiger partial charge in [-0.15, -0.1) is 0 Å². The van der Waals surface area contributed by atoms with E-state index in [2.05, 4.69) is 12.2 Å². The van der Waals surface area contributed by atoms with Crippen molar-refractivity contribution in [3.05, 3.63) is 0 Å². The molecule has 1 saturated heterocycles. The molecule has 0 aliphatic carbocycles. The summed E-state index contributed by atoms with van der Waals surface area (Å²) in [5.41, 5.74) is -0.499. The van der Waals surface area contributed by atoms with E-state index in [4.69, 9.17) is 4.74 Å². The fraction of sp³-hybridized carbons (Fsp3) is 0.875. The summed E-state index contributed by atoms with van der Waals surface area (Å²) in [5, 5.41) is 2.91. The fourth-order valence-corrected chi connectivity index (χ4v) is 2.65. The van der Waals surface area contributed by atoms with Crippen LogP contribution in [0.15, 0.2) is 0 Å². The molecule has 122 valence electrons. The van der Waals surface area contributed by atoms with Crippen LogP contribution in [0.5, 0.6) is 0 Å². The molecule has 2 amide bonds. The van der Waals surface area contributed by atoms with E-state index in [1.54, 1.807) is 0 Å². The Labute approximate surface area is 128 Å². The number of ether oxygens (including phenoxy) is 1. The van der Waals surface area contributed by atoms with E-state index in [0.29, 0.717) is 18.9 Å². The van der Waals surface area contributed by atoms with E-state index < -0.39 is 11.7 Å². The lowest BCUT2D eigenvalue weighted by molar-refractivity contribution is -0.133. The molecule has 0 bridgehead atoms. The molecule has 2 atom stereocenters. The molecule has 2 unspecified atom stereocenters. The number of hydrogen-bond donors (Lipinski definition) is 1. The highest BCUT2D eigenvalue weighted by Crippen LogP contribution is 2.21. The molecule has 5 heteroatoms. The fourth-order valence-electron chi connectivity index (χ4n) is 2.65. The molecule has 0 aromatic carbocycles. The number of piperidine rings is 1. The molecule has 1 fully saturated rings. The molecular weight excluding hydrogens is 268 g/mol. The van der Waals surface area contributed by atoms with Crippen LogP contribution >= 0.6 is 0 Å². The predicted octanol–water partition coefficient (Wildman–Crippen LogP) is 2.94. The molecule has 21 heavy (non-hydrogen) atoms. The minimum absolute atomic E-state index is 0.0145. The minimum atomic E-state index is -0.499. The molecule has 5 nitrogen and oxygen atoms in total. The standard InChI is InChI=1S/C16H30N2O3/c1-6-8-14(19)18-10-12(7-2)9-13(11-18)17-15(20)21-16(3,4)5/h12-13H,6-11H2,1-5H3,(H,17,20). The van der Waals surface area contributed by atoms with Gasteiger partial charge in [-0.1, -0.05) is 20.3 Å². The van der Waals surface area contributed by atoms with Crippen molar-refractivity contribution in [1.29, 1.82) is 0 Å². The molecular formula is C16H30N2O3. The summed E-state index contributed by atoms with van der Waals surface area (Å²) in [7, 11) is 0. The highest BCUT2D eigenvalue weighted by Gasteiger charge is 2.30. The molecule has 0 aromatic rings. The van der Waals surface area contributed by atoms with Crippen molar-refractivity contribution in [3.8, 4) is 0 Å². The van der Waals surface area contributed by atoms with Gasteiger partial charge in [-0.05, 0) is 39.5 Å². The number of carbonyl (C=O) groups excluding carboxylic acids is 2. The normalized spacial score (nSPS) is 22.8. The number of carbonyl (C=O) groups is 2. The predicted molar refractivity (Wildman–Crippen MR) is 83.0 cm³/mol. The number of rotatable bonds is 4. The number of amides is 2. The zero-order valence-electron chi connectivity index (χ0n) is 14.1. The molecule has 0 aromatic heterocycles. The largest absolute Gasteiger partial charge is 0.444 e. The van der Waals surface area contributed by atoms with Crippen LogP contribution in [0.4, 0.5) is 4.79 Å². The smallest absolute Gasteiger partial charge is 0.407 e. The maximum atomic E-state index is 12.1. The highest BCUT2D eigenvalue weighted by atomic mass is 16.6. The van der Waals surface area contributed by atoms with Crippen LogP contribution in [0.3, 0.4) is 0 Å². The molecule has 1 N–H and O–H groups in total. The Morgan fingerprint density at radius 3 is 2.43 bits per heavy atom. The average molecular weight is 298 g/mol. The van der Waals surface area contributed by atoms with Crippen molar-refractivity contribution in [3.63, 3.8) is 0 Å². The quantitative estimate of drug-likeness (QED) is 0.868. The topological polar surface area (TPSA) is 58.6 Å². The van der Waals surface area contributed by atoms with Gasteiger partial charge in [0, 0.05) is 19.5 Å². The van der Waals surface area contributed by atoms with Gasteiger partial charge in [-0.3, -0.25) is 4.79 Å². The van der Waals surface area contributed by atoms with E-state index in [1.807, 2.05) is 32.6 Å². The lowest BCUT2D eigenvalue weighted by Crippen LogP contribution is -2.53. The van der Waals surface area contributed by atoms with Crippen LogP contribution in [0.25, 0.3) is 0 Å². The second-order valence-electron chi connectivity index (χ2n) is 6.90. The maximum absolute atomic E-state index is 12.1. The Morgan fingerprint density at radius 2 is 1.90 bits per heavy atom. The SMILES string of the molecule is CCCC(=O)N1CC(CC)CC(NC(=O)OC(C)(C)C)C1. The summed E-state index contributed by atoms with van der Waals surface area (Å²) in [6.45, 7) is 11.1. The van der Waals surface area contributed by atoms with Gasteiger partial charge >= 0.3 is 6.09 Å². The monoisotopic (exact) mass is 298 g/mol. The zero-order valence-corrected chi connectivity index (χ0v) is 14.1. The van der Waals surface area contributed by atoms with Crippen molar-refractivity contribution < 1.29 is 14.3 Å². The number of likely N-dealkylation sites (tertiary alicyclic amines) is 1. The Kier molecular flexibility index (Phi) is 6.49. The van der Waals surface area contributed by atoms with Gasteiger partial charge in [0.25, 0.3) is 0 Å². The van der Waals surface area contributed by atoms with Crippen LogP contribution in [-0.4, -0.2) is 41.6 Å². The van der Waals surface area contributed by atoms with Gasteiger partial charge in [0.1, 0.15) is 5.60 Å². The lowest BCUT2D eigenvalue weighted by Gasteiger charge is -2.38. The number of nitrogens with one attached hydrogen (secondary N) is 1. The van der Waals surface area contributed by atoms with Crippen molar-refractivity contribution in [1.82, 2.24) is 10.2 Å². The minimum Gasteiger partial charge on any atom is -0.444 e. The first-order valence-electron chi connectivity index (χ1n) is 8.02.